The fraction of sp³-hybridized carbons (Fsp3) is 0.533. The smallest absolute Gasteiger partial charge is 0.251 e. The molecule has 0 radical (unpaired) electrons. The van der Waals surface area contributed by atoms with Crippen molar-refractivity contribution in [1.29, 1.82) is 0 Å². The molecule has 122 valence electrons. The van der Waals surface area contributed by atoms with Gasteiger partial charge in [0.15, 0.2) is 0 Å². The van der Waals surface area contributed by atoms with Crippen molar-refractivity contribution in [3.8, 4) is 0 Å². The number of carbonyl (C=O) groups excluding carboxylic acids is 1. The van der Waals surface area contributed by atoms with Crippen LogP contribution in [-0.4, -0.2) is 50.9 Å². The number of carbonyl (C=O) groups is 1. The minimum atomic E-state index is -3.58. The van der Waals surface area contributed by atoms with Gasteiger partial charge in [-0.1, -0.05) is 6.07 Å². The standard InChI is InChI=1S/C15H23N3O3S/c1-11(2)18(3)22(20,21)14-6-4-5-12(9-14)15(19)17-13-7-8-16-10-13/h4-6,9,11,13,16H,7-8,10H2,1-3H3,(H,17,19). The maximum Gasteiger partial charge on any atom is 0.251 e. The summed E-state index contributed by atoms with van der Waals surface area (Å²) >= 11 is 0. The van der Waals surface area contributed by atoms with E-state index < -0.39 is 10.0 Å². The van der Waals surface area contributed by atoms with Crippen LogP contribution in [0, 0.1) is 0 Å². The molecule has 22 heavy (non-hydrogen) atoms. The molecule has 1 heterocycles. The third-order valence-corrected chi connectivity index (χ3v) is 5.93. The topological polar surface area (TPSA) is 78.5 Å². The van der Waals surface area contributed by atoms with Crippen molar-refractivity contribution in [3.63, 3.8) is 0 Å². The predicted octanol–water partition coefficient (Wildman–Crippen LogP) is 0.807. The van der Waals surface area contributed by atoms with Crippen molar-refractivity contribution in [2.75, 3.05) is 20.1 Å². The number of benzene rings is 1. The Bertz CT molecular complexity index is 637. The Balaban J connectivity index is 2.20. The lowest BCUT2D eigenvalue weighted by atomic mass is 10.2. The van der Waals surface area contributed by atoms with Gasteiger partial charge in [0, 0.05) is 31.2 Å². The molecular formula is C15H23N3O3S. The number of nitrogens with one attached hydrogen (secondary N) is 2. The van der Waals surface area contributed by atoms with E-state index >= 15 is 0 Å². The third-order valence-electron chi connectivity index (χ3n) is 3.90. The molecule has 1 aliphatic rings. The lowest BCUT2D eigenvalue weighted by molar-refractivity contribution is 0.0940. The highest BCUT2D eigenvalue weighted by molar-refractivity contribution is 7.89. The molecular weight excluding hydrogens is 302 g/mol. The van der Waals surface area contributed by atoms with E-state index in [2.05, 4.69) is 10.6 Å². The molecule has 1 unspecified atom stereocenters. The third kappa shape index (κ3) is 3.66. The van der Waals surface area contributed by atoms with Gasteiger partial charge in [-0.25, -0.2) is 8.42 Å². The molecule has 0 spiro atoms. The maximum absolute atomic E-state index is 12.5. The minimum Gasteiger partial charge on any atom is -0.348 e. The van der Waals surface area contributed by atoms with E-state index in [0.29, 0.717) is 5.56 Å². The molecule has 7 heteroatoms. The summed E-state index contributed by atoms with van der Waals surface area (Å²) in [5.74, 6) is -0.238. The van der Waals surface area contributed by atoms with Crippen LogP contribution in [0.4, 0.5) is 0 Å². The van der Waals surface area contributed by atoms with E-state index in [0.717, 1.165) is 19.5 Å². The first-order valence-corrected chi connectivity index (χ1v) is 8.86. The van der Waals surface area contributed by atoms with Gasteiger partial charge in [-0.2, -0.15) is 4.31 Å². The molecule has 0 bridgehead atoms. The van der Waals surface area contributed by atoms with Gasteiger partial charge in [0.05, 0.1) is 4.90 Å². The van der Waals surface area contributed by atoms with Gasteiger partial charge >= 0.3 is 0 Å². The quantitative estimate of drug-likeness (QED) is 0.840. The first-order chi connectivity index (χ1) is 10.3. The van der Waals surface area contributed by atoms with Gasteiger partial charge in [-0.05, 0) is 45.0 Å². The Morgan fingerprint density at radius 3 is 2.73 bits per heavy atom. The second kappa shape index (κ2) is 6.76. The van der Waals surface area contributed by atoms with Crippen LogP contribution >= 0.6 is 0 Å². The fourth-order valence-electron chi connectivity index (χ4n) is 2.29. The molecule has 1 aromatic rings. The van der Waals surface area contributed by atoms with Crippen molar-refractivity contribution in [2.45, 2.75) is 37.2 Å². The highest BCUT2D eigenvalue weighted by Gasteiger charge is 2.24. The van der Waals surface area contributed by atoms with Gasteiger partial charge in [0.1, 0.15) is 0 Å². The van der Waals surface area contributed by atoms with Crippen LogP contribution in [0.5, 0.6) is 0 Å². The summed E-state index contributed by atoms with van der Waals surface area (Å²) in [6, 6.07) is 6.14. The number of nitrogens with zero attached hydrogens (tertiary/aromatic N) is 1. The summed E-state index contributed by atoms with van der Waals surface area (Å²) in [6.45, 7) is 5.25. The van der Waals surface area contributed by atoms with E-state index in [4.69, 9.17) is 0 Å². The first-order valence-electron chi connectivity index (χ1n) is 7.42. The lowest BCUT2D eigenvalue weighted by Gasteiger charge is -2.21. The van der Waals surface area contributed by atoms with E-state index in [1.165, 1.54) is 23.5 Å². The summed E-state index contributed by atoms with van der Waals surface area (Å²) in [4.78, 5) is 12.4. The summed E-state index contributed by atoms with van der Waals surface area (Å²) in [7, 11) is -2.04. The van der Waals surface area contributed by atoms with E-state index in [9.17, 15) is 13.2 Å². The van der Waals surface area contributed by atoms with Crippen molar-refractivity contribution in [2.24, 2.45) is 0 Å². The molecule has 0 saturated carbocycles. The molecule has 2 rings (SSSR count). The van der Waals surface area contributed by atoms with E-state index in [-0.39, 0.29) is 22.9 Å². The zero-order valence-electron chi connectivity index (χ0n) is 13.2. The SMILES string of the molecule is CC(C)N(C)S(=O)(=O)c1cccc(C(=O)NC2CCNC2)c1. The lowest BCUT2D eigenvalue weighted by Crippen LogP contribution is -2.36. The number of amides is 1. The van der Waals surface area contributed by atoms with Gasteiger partial charge in [0.25, 0.3) is 5.91 Å². The normalized spacial score (nSPS) is 18.9. The number of hydrogen-bond acceptors (Lipinski definition) is 4. The maximum atomic E-state index is 12.5. The number of rotatable bonds is 5. The Labute approximate surface area is 131 Å². The monoisotopic (exact) mass is 325 g/mol. The summed E-state index contributed by atoms with van der Waals surface area (Å²) in [5.41, 5.74) is 0.366. The fourth-order valence-corrected chi connectivity index (χ4v) is 3.70. The molecule has 2 N–H and O–H groups in total. The van der Waals surface area contributed by atoms with Crippen LogP contribution in [-0.2, 0) is 10.0 Å². The van der Waals surface area contributed by atoms with Gasteiger partial charge < -0.3 is 10.6 Å². The second-order valence-electron chi connectivity index (χ2n) is 5.81. The number of hydrogen-bond donors (Lipinski definition) is 2. The van der Waals surface area contributed by atoms with Gasteiger partial charge in [0.2, 0.25) is 10.0 Å². The Morgan fingerprint density at radius 2 is 2.14 bits per heavy atom. The van der Waals surface area contributed by atoms with Crippen LogP contribution in [0.15, 0.2) is 29.2 Å². The van der Waals surface area contributed by atoms with Crippen LogP contribution in [0.2, 0.25) is 0 Å². The largest absolute Gasteiger partial charge is 0.348 e. The molecule has 1 fully saturated rings. The van der Waals surface area contributed by atoms with Gasteiger partial charge in [-0.15, -0.1) is 0 Å². The Morgan fingerprint density at radius 1 is 1.41 bits per heavy atom. The molecule has 1 aromatic carbocycles. The molecule has 1 aliphatic heterocycles. The van der Waals surface area contributed by atoms with Crippen LogP contribution < -0.4 is 10.6 Å². The number of sulfonamides is 1. The summed E-state index contributed by atoms with van der Waals surface area (Å²) < 4.78 is 26.3. The first kappa shape index (κ1) is 16.9. The molecule has 6 nitrogen and oxygen atoms in total. The van der Waals surface area contributed by atoms with E-state index in [1.807, 2.05) is 0 Å². The van der Waals surface area contributed by atoms with Crippen LogP contribution in [0.3, 0.4) is 0 Å². The minimum absolute atomic E-state index is 0.103. The van der Waals surface area contributed by atoms with Crippen LogP contribution in [0.25, 0.3) is 0 Å². The summed E-state index contributed by atoms with van der Waals surface area (Å²) in [6.07, 6.45) is 0.889. The van der Waals surface area contributed by atoms with E-state index in [1.54, 1.807) is 26.0 Å². The highest BCUT2D eigenvalue weighted by Crippen LogP contribution is 2.18. The van der Waals surface area contributed by atoms with Crippen molar-refractivity contribution in [1.82, 2.24) is 14.9 Å². The van der Waals surface area contributed by atoms with Gasteiger partial charge in [-0.3, -0.25) is 4.79 Å². The highest BCUT2D eigenvalue weighted by atomic mass is 32.2. The molecule has 0 aliphatic carbocycles. The van der Waals surface area contributed by atoms with Crippen LogP contribution in [0.1, 0.15) is 30.6 Å². The Kier molecular flexibility index (Phi) is 5.20. The molecule has 0 aromatic heterocycles. The zero-order chi connectivity index (χ0) is 16.3. The average molecular weight is 325 g/mol. The second-order valence-corrected chi connectivity index (χ2v) is 7.80. The zero-order valence-corrected chi connectivity index (χ0v) is 14.0. The molecule has 1 atom stereocenters. The van der Waals surface area contributed by atoms with Crippen molar-refractivity contribution in [3.05, 3.63) is 29.8 Å². The van der Waals surface area contributed by atoms with Crippen molar-refractivity contribution >= 4 is 15.9 Å². The molecule has 1 saturated heterocycles. The molecule has 1 amide bonds. The average Bonchev–Trinajstić information content (AvgIpc) is 2.99. The Hall–Kier alpha value is -1.44. The van der Waals surface area contributed by atoms with Crippen molar-refractivity contribution < 1.29 is 13.2 Å². The summed E-state index contributed by atoms with van der Waals surface area (Å²) in [5, 5.41) is 6.09. The predicted molar refractivity (Wildman–Crippen MR) is 85.3 cm³/mol.